The summed E-state index contributed by atoms with van der Waals surface area (Å²) >= 11 is 1.95. The molecule has 0 saturated carbocycles. The van der Waals surface area contributed by atoms with Crippen LogP contribution < -0.4 is 4.90 Å². The molecular formula is C16H22N2O4S. The molecular weight excluding hydrogens is 316 g/mol. The van der Waals surface area contributed by atoms with E-state index in [1.807, 2.05) is 11.8 Å². The van der Waals surface area contributed by atoms with Gasteiger partial charge in [-0.3, -0.25) is 10.1 Å². The molecule has 1 heterocycles. The molecule has 1 aromatic carbocycles. The average Bonchev–Trinajstić information content (AvgIpc) is 2.79. The van der Waals surface area contributed by atoms with E-state index in [-0.39, 0.29) is 11.3 Å². The third kappa shape index (κ3) is 4.37. The van der Waals surface area contributed by atoms with Gasteiger partial charge in [-0.15, -0.1) is 0 Å². The minimum atomic E-state index is -0.673. The quantitative estimate of drug-likeness (QED) is 0.465. The van der Waals surface area contributed by atoms with Crippen LogP contribution in [-0.2, 0) is 4.74 Å². The molecule has 1 saturated heterocycles. The molecule has 23 heavy (non-hydrogen) atoms. The molecule has 0 aliphatic carbocycles. The molecule has 1 unspecified atom stereocenters. The zero-order valence-corrected chi connectivity index (χ0v) is 14.3. The number of rotatable bonds is 5. The van der Waals surface area contributed by atoms with Gasteiger partial charge in [0.05, 0.1) is 12.0 Å². The van der Waals surface area contributed by atoms with Crippen LogP contribution in [0.5, 0.6) is 0 Å². The molecule has 0 spiro atoms. The minimum Gasteiger partial charge on any atom is -0.465 e. The van der Waals surface area contributed by atoms with Crippen molar-refractivity contribution in [3.05, 3.63) is 33.9 Å². The van der Waals surface area contributed by atoms with Gasteiger partial charge in [0.2, 0.25) is 0 Å². The minimum absolute atomic E-state index is 0.0129. The Labute approximate surface area is 140 Å². The fourth-order valence-electron chi connectivity index (χ4n) is 2.86. The third-order valence-corrected chi connectivity index (χ3v) is 5.17. The predicted molar refractivity (Wildman–Crippen MR) is 92.4 cm³/mol. The number of nitro benzene ring substituents is 1. The number of hydrogen-bond acceptors (Lipinski definition) is 6. The van der Waals surface area contributed by atoms with E-state index in [9.17, 15) is 14.9 Å². The van der Waals surface area contributed by atoms with Gasteiger partial charge in [0.15, 0.2) is 0 Å². The van der Waals surface area contributed by atoms with E-state index in [0.29, 0.717) is 5.25 Å². The molecule has 1 aliphatic rings. The number of methoxy groups -OCH3 is 1. The lowest BCUT2D eigenvalue weighted by Crippen LogP contribution is -2.29. The zero-order chi connectivity index (χ0) is 16.8. The van der Waals surface area contributed by atoms with Gasteiger partial charge in [-0.2, -0.15) is 11.8 Å². The SMILES string of the molecule is CCSC1CCCCN(c2ccc([N+](=O)[O-])c(C(=O)OC)c2)C1. The molecule has 0 bridgehead atoms. The molecule has 6 nitrogen and oxygen atoms in total. The smallest absolute Gasteiger partial charge is 0.344 e. The molecule has 0 radical (unpaired) electrons. The fraction of sp³-hybridized carbons (Fsp3) is 0.562. The first-order valence-electron chi connectivity index (χ1n) is 7.80. The van der Waals surface area contributed by atoms with Gasteiger partial charge in [-0.1, -0.05) is 13.3 Å². The Bertz CT molecular complexity index is 579. The molecule has 0 amide bonds. The van der Waals surface area contributed by atoms with Crippen molar-refractivity contribution in [2.75, 3.05) is 30.9 Å². The Hall–Kier alpha value is -1.76. The maximum Gasteiger partial charge on any atom is 0.344 e. The molecule has 1 fully saturated rings. The second-order valence-corrected chi connectivity index (χ2v) is 7.05. The van der Waals surface area contributed by atoms with Gasteiger partial charge in [-0.05, 0) is 30.7 Å². The number of nitro groups is 1. The molecule has 0 aromatic heterocycles. The lowest BCUT2D eigenvalue weighted by atomic mass is 10.1. The fourth-order valence-corrected chi connectivity index (χ4v) is 3.95. The van der Waals surface area contributed by atoms with Crippen molar-refractivity contribution < 1.29 is 14.5 Å². The second-order valence-electron chi connectivity index (χ2n) is 5.47. The van der Waals surface area contributed by atoms with Crippen LogP contribution in [0.4, 0.5) is 11.4 Å². The highest BCUT2D eigenvalue weighted by atomic mass is 32.2. The number of carbonyl (C=O) groups excluding carboxylic acids is 1. The first-order chi connectivity index (χ1) is 11.1. The van der Waals surface area contributed by atoms with Crippen LogP contribution in [0.2, 0.25) is 0 Å². The second kappa shape index (κ2) is 8.19. The van der Waals surface area contributed by atoms with E-state index in [1.54, 1.807) is 12.1 Å². The Kier molecular flexibility index (Phi) is 6.27. The van der Waals surface area contributed by atoms with Gasteiger partial charge in [0, 0.05) is 30.1 Å². The van der Waals surface area contributed by atoms with Gasteiger partial charge >= 0.3 is 5.97 Å². The first-order valence-corrected chi connectivity index (χ1v) is 8.85. The van der Waals surface area contributed by atoms with E-state index in [1.165, 1.54) is 26.0 Å². The monoisotopic (exact) mass is 338 g/mol. The highest BCUT2D eigenvalue weighted by Crippen LogP contribution is 2.29. The lowest BCUT2D eigenvalue weighted by Gasteiger charge is -2.26. The number of ether oxygens (including phenoxy) is 1. The van der Waals surface area contributed by atoms with E-state index in [4.69, 9.17) is 0 Å². The number of anilines is 1. The van der Waals surface area contributed by atoms with Crippen molar-refractivity contribution in [1.82, 2.24) is 0 Å². The summed E-state index contributed by atoms with van der Waals surface area (Å²) in [5, 5.41) is 11.7. The van der Waals surface area contributed by atoms with E-state index in [0.717, 1.165) is 31.0 Å². The topological polar surface area (TPSA) is 72.7 Å². The Morgan fingerprint density at radius 3 is 2.91 bits per heavy atom. The summed E-state index contributed by atoms with van der Waals surface area (Å²) in [5.41, 5.74) is 0.647. The lowest BCUT2D eigenvalue weighted by molar-refractivity contribution is -0.385. The number of thioether (sulfide) groups is 1. The summed E-state index contributed by atoms with van der Waals surface area (Å²) in [6, 6.07) is 4.71. The normalized spacial score (nSPS) is 18.3. The molecule has 1 aliphatic heterocycles. The van der Waals surface area contributed by atoms with Crippen molar-refractivity contribution in [3.8, 4) is 0 Å². The van der Waals surface area contributed by atoms with Crippen LogP contribution >= 0.6 is 11.8 Å². The summed E-state index contributed by atoms with van der Waals surface area (Å²) < 4.78 is 4.69. The highest BCUT2D eigenvalue weighted by Gasteiger charge is 2.24. The number of esters is 1. The maximum absolute atomic E-state index is 11.9. The van der Waals surface area contributed by atoms with E-state index in [2.05, 4.69) is 16.6 Å². The standard InChI is InChI=1S/C16H22N2O4S/c1-3-23-13-6-4-5-9-17(11-13)12-7-8-15(18(20)21)14(10-12)16(19)22-2/h7-8,10,13H,3-6,9,11H2,1-2H3. The maximum atomic E-state index is 11.9. The van der Waals surface area contributed by atoms with Crippen molar-refractivity contribution in [3.63, 3.8) is 0 Å². The van der Waals surface area contributed by atoms with Crippen molar-refractivity contribution in [1.29, 1.82) is 0 Å². The van der Waals surface area contributed by atoms with Crippen LogP contribution in [0, 0.1) is 10.1 Å². The third-order valence-electron chi connectivity index (χ3n) is 3.98. The van der Waals surface area contributed by atoms with Crippen LogP contribution in [0.15, 0.2) is 18.2 Å². The number of benzene rings is 1. The highest BCUT2D eigenvalue weighted by molar-refractivity contribution is 7.99. The van der Waals surface area contributed by atoms with Gasteiger partial charge < -0.3 is 9.64 Å². The Balaban J connectivity index is 2.31. The number of carbonyl (C=O) groups is 1. The van der Waals surface area contributed by atoms with Crippen LogP contribution in [0.3, 0.4) is 0 Å². The van der Waals surface area contributed by atoms with Crippen LogP contribution in [0.1, 0.15) is 36.5 Å². The van der Waals surface area contributed by atoms with Gasteiger partial charge in [0.25, 0.3) is 5.69 Å². The van der Waals surface area contributed by atoms with Gasteiger partial charge in [-0.25, -0.2) is 4.79 Å². The first kappa shape index (κ1) is 17.6. The van der Waals surface area contributed by atoms with Crippen molar-refractivity contribution in [2.24, 2.45) is 0 Å². The predicted octanol–water partition coefficient (Wildman–Crippen LogP) is 3.49. The summed E-state index contributed by atoms with van der Waals surface area (Å²) in [6.45, 7) is 3.96. The molecule has 7 heteroatoms. The molecule has 1 atom stereocenters. The summed E-state index contributed by atoms with van der Waals surface area (Å²) in [7, 11) is 1.23. The molecule has 126 valence electrons. The summed E-state index contributed by atoms with van der Waals surface area (Å²) in [6.07, 6.45) is 3.46. The summed E-state index contributed by atoms with van der Waals surface area (Å²) in [5.74, 6) is 0.402. The van der Waals surface area contributed by atoms with Crippen LogP contribution in [0.25, 0.3) is 0 Å². The van der Waals surface area contributed by atoms with Crippen molar-refractivity contribution in [2.45, 2.75) is 31.4 Å². The number of hydrogen-bond donors (Lipinski definition) is 0. The van der Waals surface area contributed by atoms with Crippen LogP contribution in [-0.4, -0.2) is 42.1 Å². The Morgan fingerprint density at radius 2 is 2.26 bits per heavy atom. The largest absolute Gasteiger partial charge is 0.465 e. The van der Waals surface area contributed by atoms with Crippen molar-refractivity contribution >= 4 is 29.1 Å². The van der Waals surface area contributed by atoms with E-state index < -0.39 is 10.9 Å². The summed E-state index contributed by atoms with van der Waals surface area (Å²) in [4.78, 5) is 24.6. The Morgan fingerprint density at radius 1 is 1.48 bits per heavy atom. The number of nitrogens with zero attached hydrogens (tertiary/aromatic N) is 2. The van der Waals surface area contributed by atoms with Gasteiger partial charge in [0.1, 0.15) is 5.56 Å². The molecule has 2 rings (SSSR count). The average molecular weight is 338 g/mol. The molecule has 0 N–H and O–H groups in total. The molecule has 1 aromatic rings. The van der Waals surface area contributed by atoms with E-state index >= 15 is 0 Å². The zero-order valence-electron chi connectivity index (χ0n) is 13.5.